The molecule has 546 valence electrons. The highest BCUT2D eigenvalue weighted by Gasteiger charge is 2.30. The molecule has 92 heavy (non-hydrogen) atoms. The largest absolute Gasteiger partial charge is 0.472 e. The lowest BCUT2D eigenvalue weighted by atomic mass is 10.0. The molecule has 0 aromatic rings. The molecule has 0 radical (unpaired) electrons. The fraction of sp³-hybridized carbons (Fsp3) is 0.945. The van der Waals surface area contributed by atoms with Crippen molar-refractivity contribution in [3.8, 4) is 0 Å². The first-order valence-corrected chi connectivity index (χ1v) is 41.1. The highest BCUT2D eigenvalue weighted by atomic mass is 31.2. The number of phosphoric ester groups is 2. The molecule has 0 saturated carbocycles. The lowest BCUT2D eigenvalue weighted by Gasteiger charge is -2.21. The second-order valence-corrected chi connectivity index (χ2v) is 29.7. The Morgan fingerprint density at radius 2 is 0.500 bits per heavy atom. The molecule has 5 atom stereocenters. The van der Waals surface area contributed by atoms with E-state index in [1.165, 1.54) is 205 Å². The van der Waals surface area contributed by atoms with Crippen molar-refractivity contribution in [3.63, 3.8) is 0 Å². The lowest BCUT2D eigenvalue weighted by Crippen LogP contribution is -2.30. The monoisotopic (exact) mass is 1350 g/mol. The number of carbonyl (C=O) groups is 4. The van der Waals surface area contributed by atoms with Crippen molar-refractivity contribution < 1.29 is 80.2 Å². The Hall–Kier alpha value is -1.94. The number of phosphoric acid groups is 2. The van der Waals surface area contributed by atoms with Crippen molar-refractivity contribution >= 4 is 39.5 Å². The number of unbranched alkanes of at least 4 members (excludes halogenated alkanes) is 45. The van der Waals surface area contributed by atoms with E-state index in [9.17, 15) is 43.2 Å². The predicted molar refractivity (Wildman–Crippen MR) is 372 cm³/mol. The Balaban J connectivity index is 5.20. The molecular formula is C73H142O17P2. The van der Waals surface area contributed by atoms with Crippen LogP contribution in [0, 0.1) is 5.92 Å². The summed E-state index contributed by atoms with van der Waals surface area (Å²) in [5.41, 5.74) is 0. The first-order valence-electron chi connectivity index (χ1n) is 38.1. The summed E-state index contributed by atoms with van der Waals surface area (Å²) in [5, 5.41) is 10.6. The van der Waals surface area contributed by atoms with Crippen LogP contribution in [0.5, 0.6) is 0 Å². The van der Waals surface area contributed by atoms with Crippen LogP contribution in [0.15, 0.2) is 0 Å². The van der Waals surface area contributed by atoms with Gasteiger partial charge in [0.2, 0.25) is 0 Å². The van der Waals surface area contributed by atoms with Gasteiger partial charge in [0.1, 0.15) is 19.3 Å². The van der Waals surface area contributed by atoms with Crippen molar-refractivity contribution in [1.82, 2.24) is 0 Å². The molecule has 0 saturated heterocycles. The molecule has 0 aliphatic heterocycles. The SMILES string of the molecule is CCCCCCCCCCCCCCCCC(=O)OC[C@H](COP(=O)(O)OC[C@@H](O)COP(=O)(O)OC[C@@H](COC(=O)CCCCCCCCCCC)OC(=O)CCCCCCCCCCCC)OC(=O)CCCCCCCCCCCCCCCCCCC(C)C. The standard InChI is InChI=1S/C73H142O17P2/c1-6-9-12-15-18-21-23-24-30-33-38-42-47-52-57-71(76)84-63-69(90-73(78)59-54-49-44-39-34-31-28-26-25-27-29-32-36-40-45-50-55-66(4)5)65-88-92(81,82)86-61-67(74)60-85-91(79,80)87-64-68(62-83-70(75)56-51-46-41-35-20-17-14-11-8-3)89-72(77)58-53-48-43-37-22-19-16-13-10-7-2/h66-69,74H,6-65H2,1-5H3,(H,79,80)(H,81,82)/t67-,68+,69+/m0/s1. The molecule has 0 aromatic heterocycles. The number of carbonyl (C=O) groups excluding carboxylic acids is 4. The highest BCUT2D eigenvalue weighted by Crippen LogP contribution is 2.45. The van der Waals surface area contributed by atoms with Gasteiger partial charge in [0.05, 0.1) is 26.4 Å². The van der Waals surface area contributed by atoms with Gasteiger partial charge in [0.15, 0.2) is 12.2 Å². The Labute approximate surface area is 562 Å². The number of rotatable bonds is 73. The van der Waals surface area contributed by atoms with E-state index in [1.54, 1.807) is 0 Å². The van der Waals surface area contributed by atoms with Crippen LogP contribution in [0.4, 0.5) is 0 Å². The molecule has 0 spiro atoms. The number of esters is 4. The van der Waals surface area contributed by atoms with Gasteiger partial charge < -0.3 is 33.8 Å². The predicted octanol–water partition coefficient (Wildman–Crippen LogP) is 21.3. The molecule has 0 bridgehead atoms. The summed E-state index contributed by atoms with van der Waals surface area (Å²) >= 11 is 0. The molecule has 17 nitrogen and oxygen atoms in total. The lowest BCUT2D eigenvalue weighted by molar-refractivity contribution is -0.161. The number of ether oxygens (including phenoxy) is 4. The maximum atomic E-state index is 13.1. The fourth-order valence-electron chi connectivity index (χ4n) is 11.2. The molecule has 0 aromatic carbocycles. The number of aliphatic hydroxyl groups excluding tert-OH is 1. The molecule has 0 aliphatic rings. The zero-order valence-corrected chi connectivity index (χ0v) is 61.5. The minimum absolute atomic E-state index is 0.107. The van der Waals surface area contributed by atoms with E-state index in [0.717, 1.165) is 95.8 Å². The topological polar surface area (TPSA) is 237 Å². The minimum atomic E-state index is -4.95. The van der Waals surface area contributed by atoms with E-state index in [1.807, 2.05) is 0 Å². The smallest absolute Gasteiger partial charge is 0.462 e. The van der Waals surface area contributed by atoms with Crippen LogP contribution in [-0.2, 0) is 65.4 Å². The van der Waals surface area contributed by atoms with E-state index < -0.39 is 97.5 Å². The minimum Gasteiger partial charge on any atom is -0.462 e. The zero-order valence-electron chi connectivity index (χ0n) is 59.7. The second-order valence-electron chi connectivity index (χ2n) is 26.8. The van der Waals surface area contributed by atoms with Gasteiger partial charge in [-0.25, -0.2) is 9.13 Å². The summed E-state index contributed by atoms with van der Waals surface area (Å²) in [5.74, 6) is -1.31. The summed E-state index contributed by atoms with van der Waals surface area (Å²) in [6.45, 7) is 7.28. The first-order chi connectivity index (χ1) is 44.5. The Morgan fingerprint density at radius 1 is 0.293 bits per heavy atom. The summed E-state index contributed by atoms with van der Waals surface area (Å²) in [4.78, 5) is 72.6. The highest BCUT2D eigenvalue weighted by molar-refractivity contribution is 7.47. The van der Waals surface area contributed by atoms with E-state index in [0.29, 0.717) is 25.7 Å². The van der Waals surface area contributed by atoms with Gasteiger partial charge in [-0.05, 0) is 31.6 Å². The van der Waals surface area contributed by atoms with Crippen LogP contribution in [-0.4, -0.2) is 96.7 Å². The van der Waals surface area contributed by atoms with Gasteiger partial charge in [-0.2, -0.15) is 0 Å². The van der Waals surface area contributed by atoms with E-state index in [4.69, 9.17) is 37.0 Å². The van der Waals surface area contributed by atoms with Crippen molar-refractivity contribution in [2.45, 2.75) is 400 Å². The van der Waals surface area contributed by atoms with Gasteiger partial charge in [-0.3, -0.25) is 37.3 Å². The van der Waals surface area contributed by atoms with Crippen LogP contribution in [0.3, 0.4) is 0 Å². The molecule has 0 heterocycles. The third-order valence-corrected chi connectivity index (χ3v) is 18.9. The molecule has 3 N–H and O–H groups in total. The number of hydrogen-bond donors (Lipinski definition) is 3. The summed E-state index contributed by atoms with van der Waals surface area (Å²) in [6, 6.07) is 0. The van der Waals surface area contributed by atoms with Gasteiger partial charge in [-0.15, -0.1) is 0 Å². The average molecular weight is 1350 g/mol. The Morgan fingerprint density at radius 3 is 0.739 bits per heavy atom. The molecular weight excluding hydrogens is 1210 g/mol. The molecule has 0 aliphatic carbocycles. The molecule has 0 fully saturated rings. The normalized spacial score (nSPS) is 14.0. The van der Waals surface area contributed by atoms with Crippen LogP contribution in [0.2, 0.25) is 0 Å². The van der Waals surface area contributed by atoms with Gasteiger partial charge in [0.25, 0.3) is 0 Å². The third kappa shape index (κ3) is 66.7. The fourth-order valence-corrected chi connectivity index (χ4v) is 12.8. The van der Waals surface area contributed by atoms with E-state index in [-0.39, 0.29) is 25.7 Å². The molecule has 0 amide bonds. The van der Waals surface area contributed by atoms with Crippen LogP contribution in [0.25, 0.3) is 0 Å². The summed E-state index contributed by atoms with van der Waals surface area (Å²) < 4.78 is 68.3. The van der Waals surface area contributed by atoms with Gasteiger partial charge in [-0.1, -0.05) is 330 Å². The van der Waals surface area contributed by atoms with Crippen molar-refractivity contribution in [3.05, 3.63) is 0 Å². The molecule has 0 rings (SSSR count). The van der Waals surface area contributed by atoms with Gasteiger partial charge >= 0.3 is 39.5 Å². The average Bonchev–Trinajstić information content (AvgIpc) is 3.33. The summed E-state index contributed by atoms with van der Waals surface area (Å²) in [6.07, 6.45) is 54.0. The summed E-state index contributed by atoms with van der Waals surface area (Å²) in [7, 11) is -9.90. The second kappa shape index (κ2) is 66.3. The van der Waals surface area contributed by atoms with E-state index in [2.05, 4.69) is 34.6 Å². The Kier molecular flexibility index (Phi) is 64.9. The van der Waals surface area contributed by atoms with Crippen LogP contribution >= 0.6 is 15.6 Å². The maximum absolute atomic E-state index is 13.1. The van der Waals surface area contributed by atoms with E-state index >= 15 is 0 Å². The number of hydrogen-bond acceptors (Lipinski definition) is 15. The van der Waals surface area contributed by atoms with Crippen LogP contribution < -0.4 is 0 Å². The zero-order chi connectivity index (χ0) is 67.7. The maximum Gasteiger partial charge on any atom is 0.472 e. The van der Waals surface area contributed by atoms with Gasteiger partial charge in [0, 0.05) is 25.7 Å². The Bertz CT molecular complexity index is 1770. The van der Waals surface area contributed by atoms with Crippen molar-refractivity contribution in [2.75, 3.05) is 39.6 Å². The van der Waals surface area contributed by atoms with Crippen molar-refractivity contribution in [2.24, 2.45) is 5.92 Å². The third-order valence-electron chi connectivity index (χ3n) is 17.0. The van der Waals surface area contributed by atoms with Crippen molar-refractivity contribution in [1.29, 1.82) is 0 Å². The van der Waals surface area contributed by atoms with Crippen LogP contribution in [0.1, 0.15) is 381 Å². The first kappa shape index (κ1) is 90.1. The molecule has 2 unspecified atom stereocenters. The number of aliphatic hydroxyl groups is 1. The molecule has 19 heteroatoms. The quantitative estimate of drug-likeness (QED) is 0.0222.